The van der Waals surface area contributed by atoms with E-state index in [0.29, 0.717) is 0 Å². The Kier molecular flexibility index (Phi) is 15.0. The van der Waals surface area contributed by atoms with Crippen molar-refractivity contribution in [2.45, 2.75) is 20.3 Å². The number of hydrogen-bond acceptors (Lipinski definition) is 1. The van der Waals surface area contributed by atoms with E-state index in [1.54, 1.807) is 6.92 Å². The van der Waals surface area contributed by atoms with Crippen molar-refractivity contribution < 1.29 is 5.11 Å². The highest BCUT2D eigenvalue weighted by atomic mass is 16.2. The van der Waals surface area contributed by atoms with Crippen LogP contribution in [0.4, 0.5) is 0 Å². The lowest BCUT2D eigenvalue weighted by Crippen LogP contribution is -1.73. The molecule has 74 valence electrons. The van der Waals surface area contributed by atoms with Crippen molar-refractivity contribution in [3.8, 4) is 0 Å². The first-order chi connectivity index (χ1) is 6.35. The summed E-state index contributed by atoms with van der Waals surface area (Å²) in [5, 5.41) is 7.57. The highest BCUT2D eigenvalue weighted by Crippen LogP contribution is 1.96. The van der Waals surface area contributed by atoms with Gasteiger partial charge < -0.3 is 5.11 Å². The van der Waals surface area contributed by atoms with Crippen LogP contribution in [0, 0.1) is 0 Å². The molecule has 0 aliphatic carbocycles. The smallest absolute Gasteiger partial charge is 0.0402 e. The Morgan fingerprint density at radius 2 is 1.46 bits per heavy atom. The van der Waals surface area contributed by atoms with E-state index in [1.807, 2.05) is 6.07 Å². The molecule has 1 N–H and O–H groups in total. The Labute approximate surface area is 81.7 Å². The number of benzene rings is 1. The van der Waals surface area contributed by atoms with Crippen molar-refractivity contribution in [1.82, 2.24) is 0 Å². The van der Waals surface area contributed by atoms with Crippen LogP contribution < -0.4 is 0 Å². The summed E-state index contributed by atoms with van der Waals surface area (Å²) < 4.78 is 0. The quantitative estimate of drug-likeness (QED) is 0.659. The summed E-state index contributed by atoms with van der Waals surface area (Å²) in [7, 11) is 0. The normalized spacial score (nSPS) is 7.31. The first-order valence-corrected chi connectivity index (χ1v) is 4.49. The summed E-state index contributed by atoms with van der Waals surface area (Å²) in [6, 6.07) is 10.5. The van der Waals surface area contributed by atoms with Gasteiger partial charge in [-0.3, -0.25) is 0 Å². The van der Waals surface area contributed by atoms with E-state index in [-0.39, 0.29) is 6.61 Å². The maximum Gasteiger partial charge on any atom is 0.0402 e. The summed E-state index contributed by atoms with van der Waals surface area (Å²) in [4.78, 5) is 0. The molecule has 1 aromatic rings. The SMILES string of the molecule is C=C.CCO.CCc1ccccc1. The molecule has 0 amide bonds. The molecule has 0 spiro atoms. The fraction of sp³-hybridized carbons (Fsp3) is 0.333. The molecule has 0 heterocycles. The van der Waals surface area contributed by atoms with Gasteiger partial charge in [0.25, 0.3) is 0 Å². The molecule has 0 atom stereocenters. The van der Waals surface area contributed by atoms with Gasteiger partial charge in [0.05, 0.1) is 0 Å². The van der Waals surface area contributed by atoms with E-state index < -0.39 is 0 Å². The molecule has 0 radical (unpaired) electrons. The van der Waals surface area contributed by atoms with E-state index in [9.17, 15) is 0 Å². The minimum atomic E-state index is 0.250. The van der Waals surface area contributed by atoms with Crippen LogP contribution in [0.5, 0.6) is 0 Å². The third-order valence-corrected chi connectivity index (χ3v) is 1.25. The third-order valence-electron chi connectivity index (χ3n) is 1.25. The second-order valence-electron chi connectivity index (χ2n) is 2.16. The molecule has 0 fully saturated rings. The Morgan fingerprint density at radius 3 is 1.69 bits per heavy atom. The van der Waals surface area contributed by atoms with Gasteiger partial charge in [0.1, 0.15) is 0 Å². The lowest BCUT2D eigenvalue weighted by atomic mass is 10.2. The average Bonchev–Trinajstić information content (AvgIpc) is 2.23. The monoisotopic (exact) mass is 180 g/mol. The van der Waals surface area contributed by atoms with Crippen LogP contribution in [0.3, 0.4) is 0 Å². The zero-order valence-electron chi connectivity index (χ0n) is 8.66. The molecule has 1 aromatic carbocycles. The summed E-state index contributed by atoms with van der Waals surface area (Å²) in [5.41, 5.74) is 1.41. The maximum absolute atomic E-state index is 7.57. The molecule has 0 bridgehead atoms. The lowest BCUT2D eigenvalue weighted by molar-refractivity contribution is 0.318. The lowest BCUT2D eigenvalue weighted by Gasteiger charge is -1.89. The first kappa shape index (κ1) is 14.4. The van der Waals surface area contributed by atoms with E-state index in [4.69, 9.17) is 5.11 Å². The van der Waals surface area contributed by atoms with Crippen LogP contribution in [-0.2, 0) is 6.42 Å². The fourth-order valence-corrected chi connectivity index (χ4v) is 0.714. The van der Waals surface area contributed by atoms with Gasteiger partial charge >= 0.3 is 0 Å². The highest BCUT2D eigenvalue weighted by molar-refractivity contribution is 5.13. The predicted octanol–water partition coefficient (Wildman–Crippen LogP) is 3.05. The second kappa shape index (κ2) is 13.5. The topological polar surface area (TPSA) is 20.2 Å². The van der Waals surface area contributed by atoms with Gasteiger partial charge in [-0.25, -0.2) is 0 Å². The fourth-order valence-electron chi connectivity index (χ4n) is 0.714. The number of aliphatic hydroxyl groups excluding tert-OH is 1. The minimum absolute atomic E-state index is 0.250. The maximum atomic E-state index is 7.57. The molecular formula is C12H20O. The third kappa shape index (κ3) is 10.9. The largest absolute Gasteiger partial charge is 0.397 e. The van der Waals surface area contributed by atoms with Crippen LogP contribution >= 0.6 is 0 Å². The van der Waals surface area contributed by atoms with Crippen LogP contribution in [0.25, 0.3) is 0 Å². The van der Waals surface area contributed by atoms with Gasteiger partial charge in [-0.05, 0) is 18.9 Å². The van der Waals surface area contributed by atoms with Crippen LogP contribution in [0.2, 0.25) is 0 Å². The number of hydrogen-bond donors (Lipinski definition) is 1. The molecule has 0 aliphatic heterocycles. The van der Waals surface area contributed by atoms with Crippen LogP contribution in [0.1, 0.15) is 19.4 Å². The zero-order valence-corrected chi connectivity index (χ0v) is 8.66. The van der Waals surface area contributed by atoms with Crippen molar-refractivity contribution in [3.63, 3.8) is 0 Å². The Bertz CT molecular complexity index is 170. The number of aryl methyl sites for hydroxylation is 1. The van der Waals surface area contributed by atoms with Crippen molar-refractivity contribution in [3.05, 3.63) is 49.1 Å². The summed E-state index contributed by atoms with van der Waals surface area (Å²) in [6.07, 6.45) is 1.14. The van der Waals surface area contributed by atoms with Crippen molar-refractivity contribution in [2.75, 3.05) is 6.61 Å². The van der Waals surface area contributed by atoms with Gasteiger partial charge in [0, 0.05) is 6.61 Å². The second-order valence-corrected chi connectivity index (χ2v) is 2.16. The van der Waals surface area contributed by atoms with Gasteiger partial charge in [-0.1, -0.05) is 37.3 Å². The van der Waals surface area contributed by atoms with Gasteiger partial charge in [0.15, 0.2) is 0 Å². The molecule has 0 saturated carbocycles. The van der Waals surface area contributed by atoms with E-state index in [2.05, 4.69) is 44.3 Å². The van der Waals surface area contributed by atoms with Crippen LogP contribution in [-0.4, -0.2) is 11.7 Å². The predicted molar refractivity (Wildman–Crippen MR) is 59.8 cm³/mol. The summed E-state index contributed by atoms with van der Waals surface area (Å²) in [5.74, 6) is 0. The molecule has 1 rings (SSSR count). The van der Waals surface area contributed by atoms with Gasteiger partial charge in [-0.2, -0.15) is 0 Å². The average molecular weight is 180 g/mol. The van der Waals surface area contributed by atoms with E-state index in [1.165, 1.54) is 5.56 Å². The zero-order chi connectivity index (χ0) is 10.5. The van der Waals surface area contributed by atoms with Gasteiger partial charge in [-0.15, -0.1) is 13.2 Å². The Morgan fingerprint density at radius 1 is 1.08 bits per heavy atom. The summed E-state index contributed by atoms with van der Waals surface area (Å²) >= 11 is 0. The molecule has 0 unspecified atom stereocenters. The van der Waals surface area contributed by atoms with E-state index in [0.717, 1.165) is 6.42 Å². The van der Waals surface area contributed by atoms with Gasteiger partial charge in [0.2, 0.25) is 0 Å². The molecule has 0 aliphatic rings. The number of aliphatic hydroxyl groups is 1. The standard InChI is InChI=1S/C8H10.C2H6O.C2H4/c1-2-8-6-4-3-5-7-8;1-2-3;1-2/h3-7H,2H2,1H3;3H,2H2,1H3;1-2H2. The summed E-state index contributed by atoms with van der Waals surface area (Å²) in [6.45, 7) is 10.1. The van der Waals surface area contributed by atoms with Crippen molar-refractivity contribution in [1.29, 1.82) is 0 Å². The molecule has 13 heavy (non-hydrogen) atoms. The van der Waals surface area contributed by atoms with Crippen LogP contribution in [0.15, 0.2) is 43.5 Å². The number of rotatable bonds is 1. The molecule has 1 nitrogen and oxygen atoms in total. The molecule has 0 aromatic heterocycles. The Hall–Kier alpha value is -1.08. The molecule has 1 heteroatoms. The minimum Gasteiger partial charge on any atom is -0.397 e. The first-order valence-electron chi connectivity index (χ1n) is 4.49. The van der Waals surface area contributed by atoms with E-state index >= 15 is 0 Å². The molecular weight excluding hydrogens is 160 g/mol. The van der Waals surface area contributed by atoms with Crippen molar-refractivity contribution in [2.24, 2.45) is 0 Å². The Balaban J connectivity index is 0. The highest BCUT2D eigenvalue weighted by Gasteiger charge is 1.79. The molecule has 0 saturated heterocycles. The van der Waals surface area contributed by atoms with Crippen molar-refractivity contribution >= 4 is 0 Å².